The predicted molar refractivity (Wildman–Crippen MR) is 137 cm³/mol. The first-order valence-corrected chi connectivity index (χ1v) is 11.5. The van der Waals surface area contributed by atoms with Crippen molar-refractivity contribution in [2.75, 3.05) is 21.3 Å². The van der Waals surface area contributed by atoms with E-state index in [1.807, 2.05) is 12.1 Å². The lowest BCUT2D eigenvalue weighted by molar-refractivity contribution is 0.394. The maximum atomic E-state index is 13.2. The van der Waals surface area contributed by atoms with Crippen LogP contribution >= 0.6 is 11.6 Å². The largest absolute Gasteiger partial charge is 0.506 e. The third-order valence-electron chi connectivity index (χ3n) is 5.85. The van der Waals surface area contributed by atoms with E-state index in [0.717, 1.165) is 18.4 Å². The van der Waals surface area contributed by atoms with Crippen LogP contribution in [-0.2, 0) is 11.2 Å². The van der Waals surface area contributed by atoms with Crippen LogP contribution < -0.4 is 15.0 Å². The minimum absolute atomic E-state index is 0.0415. The number of pyridine rings is 1. The number of methoxy groups -OCH3 is 2. The number of halogens is 1. The molecule has 0 aliphatic heterocycles. The molecule has 0 saturated heterocycles. The molecule has 0 unspecified atom stereocenters. The maximum absolute atomic E-state index is 13.2. The summed E-state index contributed by atoms with van der Waals surface area (Å²) < 4.78 is 17.0. The summed E-state index contributed by atoms with van der Waals surface area (Å²) in [4.78, 5) is 20.3. The Morgan fingerprint density at radius 1 is 1.11 bits per heavy atom. The zero-order valence-corrected chi connectivity index (χ0v) is 20.6. The number of rotatable bonds is 8. The molecule has 1 aliphatic carbocycles. The lowest BCUT2D eigenvalue weighted by atomic mass is 9.96. The summed E-state index contributed by atoms with van der Waals surface area (Å²) in [5.41, 5.74) is 1.96. The van der Waals surface area contributed by atoms with E-state index in [0.29, 0.717) is 45.5 Å². The summed E-state index contributed by atoms with van der Waals surface area (Å²) in [6, 6.07) is 12.6. The van der Waals surface area contributed by atoms with Crippen LogP contribution in [0.5, 0.6) is 17.2 Å². The Labute approximate surface area is 208 Å². The predicted octanol–water partition coefficient (Wildman–Crippen LogP) is 5.44. The third kappa shape index (κ3) is 5.05. The summed E-state index contributed by atoms with van der Waals surface area (Å²) in [6.07, 6.45) is 2.19. The van der Waals surface area contributed by atoms with E-state index in [1.54, 1.807) is 44.6 Å². The lowest BCUT2D eigenvalue weighted by Crippen LogP contribution is -2.23. The molecule has 1 heterocycles. The Kier molecular flexibility index (Phi) is 7.17. The summed E-state index contributed by atoms with van der Waals surface area (Å²) in [5.74, 6) is 1.19. The van der Waals surface area contributed by atoms with E-state index >= 15 is 0 Å². The zero-order chi connectivity index (χ0) is 25.1. The number of aromatic amines is 1. The Morgan fingerprint density at radius 2 is 1.74 bits per heavy atom. The lowest BCUT2D eigenvalue weighted by Gasteiger charge is -2.19. The minimum Gasteiger partial charge on any atom is -0.506 e. The van der Waals surface area contributed by atoms with Gasteiger partial charge in [0.2, 0.25) is 5.90 Å². The van der Waals surface area contributed by atoms with Crippen molar-refractivity contribution in [2.45, 2.75) is 25.2 Å². The summed E-state index contributed by atoms with van der Waals surface area (Å²) >= 11 is 5.96. The Hall–Kier alpha value is -3.71. The molecule has 2 aromatic carbocycles. The van der Waals surface area contributed by atoms with Crippen molar-refractivity contribution in [3.8, 4) is 28.4 Å². The molecule has 4 rings (SSSR count). The van der Waals surface area contributed by atoms with E-state index in [4.69, 9.17) is 25.8 Å². The van der Waals surface area contributed by atoms with Crippen molar-refractivity contribution in [2.24, 2.45) is 4.99 Å². The van der Waals surface area contributed by atoms with Gasteiger partial charge in [-0.3, -0.25) is 9.79 Å². The average molecular weight is 495 g/mol. The fraction of sp³-hybridized carbons (Fsp3) is 0.259. The molecule has 3 aromatic rings. The molecule has 0 atom stereocenters. The number of aromatic hydroxyl groups is 1. The molecule has 0 spiro atoms. The smallest absolute Gasteiger partial charge is 0.264 e. The molecule has 0 amide bonds. The van der Waals surface area contributed by atoms with E-state index in [2.05, 4.69) is 16.6 Å². The van der Waals surface area contributed by atoms with Crippen molar-refractivity contribution < 1.29 is 19.3 Å². The van der Waals surface area contributed by atoms with Gasteiger partial charge < -0.3 is 24.3 Å². The van der Waals surface area contributed by atoms with Crippen LogP contribution in [0.3, 0.4) is 0 Å². The number of H-pyrrole nitrogens is 1. The Morgan fingerprint density at radius 3 is 2.29 bits per heavy atom. The SMILES string of the molecule is C=C(Cc1ccc(Cl)cc1)OC(=NC)c1c(O)c(-c2c(OC)cccc2OC)c(C2CC2)[nH]c1=O. The van der Waals surface area contributed by atoms with Gasteiger partial charge >= 0.3 is 0 Å². The molecule has 1 saturated carbocycles. The molecular formula is C27H27ClN2O5. The number of nitrogens with one attached hydrogen (secondary N) is 1. The van der Waals surface area contributed by atoms with Crippen molar-refractivity contribution in [1.29, 1.82) is 0 Å². The normalized spacial score (nSPS) is 13.4. The highest BCUT2D eigenvalue weighted by molar-refractivity contribution is 6.30. The molecule has 0 bridgehead atoms. The van der Waals surface area contributed by atoms with Gasteiger partial charge in [-0.05, 0) is 48.6 Å². The molecule has 182 valence electrons. The minimum atomic E-state index is -0.498. The highest BCUT2D eigenvalue weighted by Crippen LogP contribution is 2.50. The van der Waals surface area contributed by atoms with Crippen LogP contribution in [0.1, 0.15) is 35.6 Å². The van der Waals surface area contributed by atoms with E-state index in [-0.39, 0.29) is 23.1 Å². The number of allylic oxidation sites excluding steroid dienone is 1. The first kappa shape index (κ1) is 24.4. The van der Waals surface area contributed by atoms with Crippen LogP contribution in [0.15, 0.2) is 64.6 Å². The van der Waals surface area contributed by atoms with Crippen LogP contribution in [0.4, 0.5) is 0 Å². The van der Waals surface area contributed by atoms with Gasteiger partial charge in [0.1, 0.15) is 28.6 Å². The van der Waals surface area contributed by atoms with Crippen LogP contribution in [0.25, 0.3) is 11.1 Å². The van der Waals surface area contributed by atoms with Gasteiger partial charge in [-0.25, -0.2) is 0 Å². The Bertz CT molecular complexity index is 1320. The summed E-state index contributed by atoms with van der Waals surface area (Å²) in [7, 11) is 4.57. The molecule has 1 fully saturated rings. The van der Waals surface area contributed by atoms with Gasteiger partial charge in [0.05, 0.1) is 25.3 Å². The molecular weight excluding hydrogens is 468 g/mol. The fourth-order valence-corrected chi connectivity index (χ4v) is 4.17. The van der Waals surface area contributed by atoms with Crippen molar-refractivity contribution in [3.05, 3.63) is 87.0 Å². The maximum Gasteiger partial charge on any atom is 0.264 e. The standard InChI is InChI=1S/C27H27ClN2O5/c1-15(14-16-8-12-18(28)13-9-16)35-27(29-2)23-25(31)22(24(17-10-11-17)30-26(23)32)21-19(33-3)6-5-7-20(21)34-4/h5-9,12-13,17H,1,10-11,14H2,2-4H3,(H2,30,31,32). The number of aromatic nitrogens is 1. The van der Waals surface area contributed by atoms with Crippen molar-refractivity contribution in [3.63, 3.8) is 0 Å². The van der Waals surface area contributed by atoms with E-state index in [9.17, 15) is 9.90 Å². The second-order valence-corrected chi connectivity index (χ2v) is 8.69. The number of hydrogen-bond acceptors (Lipinski definition) is 6. The van der Waals surface area contributed by atoms with Gasteiger partial charge in [0, 0.05) is 24.2 Å². The van der Waals surface area contributed by atoms with Gasteiger partial charge in [0.25, 0.3) is 5.56 Å². The van der Waals surface area contributed by atoms with Gasteiger partial charge in [-0.15, -0.1) is 0 Å². The average Bonchev–Trinajstić information content (AvgIpc) is 3.69. The summed E-state index contributed by atoms with van der Waals surface area (Å²) in [5, 5.41) is 12.1. The van der Waals surface area contributed by atoms with Crippen LogP contribution in [0.2, 0.25) is 5.02 Å². The third-order valence-corrected chi connectivity index (χ3v) is 6.11. The van der Waals surface area contributed by atoms with Gasteiger partial charge in [0.15, 0.2) is 0 Å². The van der Waals surface area contributed by atoms with Crippen LogP contribution in [0, 0.1) is 0 Å². The van der Waals surface area contributed by atoms with E-state index in [1.165, 1.54) is 7.05 Å². The highest BCUT2D eigenvalue weighted by atomic mass is 35.5. The quantitative estimate of drug-likeness (QED) is 0.247. The molecule has 35 heavy (non-hydrogen) atoms. The Balaban J connectivity index is 1.79. The van der Waals surface area contributed by atoms with E-state index < -0.39 is 5.56 Å². The van der Waals surface area contributed by atoms with Crippen molar-refractivity contribution in [1.82, 2.24) is 4.98 Å². The van der Waals surface area contributed by atoms with Gasteiger partial charge in [-0.1, -0.05) is 36.4 Å². The zero-order valence-electron chi connectivity index (χ0n) is 19.9. The summed E-state index contributed by atoms with van der Waals surface area (Å²) in [6.45, 7) is 3.97. The second-order valence-electron chi connectivity index (χ2n) is 8.25. The highest BCUT2D eigenvalue weighted by Gasteiger charge is 2.34. The second kappa shape index (κ2) is 10.3. The van der Waals surface area contributed by atoms with Crippen LogP contribution in [-0.4, -0.2) is 37.3 Å². The fourth-order valence-electron chi connectivity index (χ4n) is 4.05. The molecule has 2 N–H and O–H groups in total. The number of aliphatic imine (C=N–C) groups is 1. The number of ether oxygens (including phenoxy) is 3. The molecule has 1 aromatic heterocycles. The topological polar surface area (TPSA) is 93.1 Å². The molecule has 0 radical (unpaired) electrons. The van der Waals surface area contributed by atoms with Crippen molar-refractivity contribution >= 4 is 17.5 Å². The molecule has 8 heteroatoms. The first-order chi connectivity index (χ1) is 16.9. The monoisotopic (exact) mass is 494 g/mol. The molecule has 1 aliphatic rings. The number of hydrogen-bond donors (Lipinski definition) is 2. The first-order valence-electron chi connectivity index (χ1n) is 11.2. The van der Waals surface area contributed by atoms with Gasteiger partial charge in [-0.2, -0.15) is 0 Å². The number of benzene rings is 2. The molecule has 7 nitrogen and oxygen atoms in total. The number of nitrogens with zero attached hydrogens (tertiary/aromatic N) is 1.